The standard InChI is InChI=1S/C17H30NO/c1-13-9-11-18(12-10-13)16(19)14-5-7-15(8-6-14)17(2,3)4/h13-15H,1,5-12H2,2-4H3. The molecule has 0 aromatic carbocycles. The highest BCUT2D eigenvalue weighted by Crippen LogP contribution is 2.40. The van der Waals surface area contributed by atoms with Crippen LogP contribution in [0.15, 0.2) is 0 Å². The van der Waals surface area contributed by atoms with Gasteiger partial charge in [-0.05, 0) is 55.8 Å². The Morgan fingerprint density at radius 1 is 1.00 bits per heavy atom. The molecule has 0 spiro atoms. The Balaban J connectivity index is 1.82. The summed E-state index contributed by atoms with van der Waals surface area (Å²) in [6, 6.07) is 0. The molecule has 1 radical (unpaired) electrons. The van der Waals surface area contributed by atoms with Crippen molar-refractivity contribution in [2.45, 2.75) is 59.3 Å². The maximum absolute atomic E-state index is 12.5. The van der Waals surface area contributed by atoms with Crippen molar-refractivity contribution in [2.75, 3.05) is 13.1 Å². The zero-order valence-electron chi connectivity index (χ0n) is 13.0. The minimum absolute atomic E-state index is 0.306. The lowest BCUT2D eigenvalue weighted by atomic mass is 9.69. The fourth-order valence-electron chi connectivity index (χ4n) is 3.62. The zero-order valence-corrected chi connectivity index (χ0v) is 13.0. The quantitative estimate of drug-likeness (QED) is 0.703. The first kappa shape index (κ1) is 14.9. The summed E-state index contributed by atoms with van der Waals surface area (Å²) in [6.45, 7) is 13.0. The number of carbonyl (C=O) groups is 1. The molecular weight excluding hydrogens is 234 g/mol. The van der Waals surface area contributed by atoms with Gasteiger partial charge >= 0.3 is 0 Å². The van der Waals surface area contributed by atoms with Gasteiger partial charge < -0.3 is 4.90 Å². The minimum Gasteiger partial charge on any atom is -0.342 e. The number of hydrogen-bond acceptors (Lipinski definition) is 1. The molecule has 1 saturated carbocycles. The van der Waals surface area contributed by atoms with Crippen LogP contribution >= 0.6 is 0 Å². The Morgan fingerprint density at radius 3 is 2.00 bits per heavy atom. The minimum atomic E-state index is 0.306. The molecule has 0 bridgehead atoms. The number of rotatable bonds is 1. The second kappa shape index (κ2) is 5.85. The van der Waals surface area contributed by atoms with Gasteiger partial charge in [0.2, 0.25) is 5.91 Å². The van der Waals surface area contributed by atoms with Crippen molar-refractivity contribution in [1.82, 2.24) is 4.90 Å². The van der Waals surface area contributed by atoms with Crippen LogP contribution in [0.3, 0.4) is 0 Å². The summed E-state index contributed by atoms with van der Waals surface area (Å²) >= 11 is 0. The molecular formula is C17H30NO. The molecule has 2 heteroatoms. The maximum Gasteiger partial charge on any atom is 0.225 e. The highest BCUT2D eigenvalue weighted by atomic mass is 16.2. The van der Waals surface area contributed by atoms with E-state index in [9.17, 15) is 4.79 Å². The summed E-state index contributed by atoms with van der Waals surface area (Å²) < 4.78 is 0. The lowest BCUT2D eigenvalue weighted by Gasteiger charge is -2.39. The second-order valence-corrected chi connectivity index (χ2v) is 7.68. The molecule has 1 aliphatic heterocycles. The van der Waals surface area contributed by atoms with Gasteiger partial charge in [0.15, 0.2) is 0 Å². The van der Waals surface area contributed by atoms with Gasteiger partial charge in [-0.3, -0.25) is 4.79 Å². The van der Waals surface area contributed by atoms with E-state index in [-0.39, 0.29) is 0 Å². The highest BCUT2D eigenvalue weighted by molar-refractivity contribution is 5.79. The molecule has 2 fully saturated rings. The van der Waals surface area contributed by atoms with Gasteiger partial charge in [-0.15, -0.1) is 0 Å². The summed E-state index contributed by atoms with van der Waals surface area (Å²) in [5.41, 5.74) is 0.403. The molecule has 0 unspecified atom stereocenters. The largest absolute Gasteiger partial charge is 0.342 e. The van der Waals surface area contributed by atoms with E-state index in [1.807, 2.05) is 0 Å². The summed E-state index contributed by atoms with van der Waals surface area (Å²) in [4.78, 5) is 14.6. The molecule has 0 aromatic rings. The molecule has 0 atom stereocenters. The average molecular weight is 264 g/mol. The van der Waals surface area contributed by atoms with Crippen LogP contribution in [0, 0.1) is 30.1 Å². The van der Waals surface area contributed by atoms with Gasteiger partial charge in [0.25, 0.3) is 0 Å². The third-order valence-electron chi connectivity index (χ3n) is 5.23. The molecule has 2 aliphatic rings. The van der Waals surface area contributed by atoms with E-state index in [0.717, 1.165) is 44.7 Å². The molecule has 2 rings (SSSR count). The van der Waals surface area contributed by atoms with Crippen molar-refractivity contribution in [3.8, 4) is 0 Å². The SMILES string of the molecule is [CH2]C1CCN(C(=O)C2CCC(C(C)(C)C)CC2)CC1. The fraction of sp³-hybridized carbons (Fsp3) is 0.882. The van der Waals surface area contributed by atoms with Crippen molar-refractivity contribution in [2.24, 2.45) is 23.2 Å². The van der Waals surface area contributed by atoms with Crippen LogP contribution in [-0.2, 0) is 4.79 Å². The van der Waals surface area contributed by atoms with Crippen LogP contribution in [0.5, 0.6) is 0 Å². The van der Waals surface area contributed by atoms with E-state index in [1.54, 1.807) is 0 Å². The van der Waals surface area contributed by atoms with E-state index in [0.29, 0.717) is 23.2 Å². The lowest BCUT2D eigenvalue weighted by Crippen LogP contribution is -2.42. The topological polar surface area (TPSA) is 20.3 Å². The van der Waals surface area contributed by atoms with Crippen LogP contribution in [0.1, 0.15) is 59.3 Å². The number of hydrogen-bond donors (Lipinski definition) is 0. The van der Waals surface area contributed by atoms with Crippen LogP contribution in [-0.4, -0.2) is 23.9 Å². The molecule has 1 heterocycles. The number of nitrogens with zero attached hydrogens (tertiary/aromatic N) is 1. The first-order chi connectivity index (χ1) is 8.88. The summed E-state index contributed by atoms with van der Waals surface area (Å²) in [5, 5.41) is 0. The smallest absolute Gasteiger partial charge is 0.225 e. The lowest BCUT2D eigenvalue weighted by molar-refractivity contribution is -0.138. The van der Waals surface area contributed by atoms with Gasteiger partial charge in [0.1, 0.15) is 0 Å². The molecule has 1 saturated heterocycles. The van der Waals surface area contributed by atoms with Gasteiger partial charge in [0.05, 0.1) is 0 Å². The van der Waals surface area contributed by atoms with Crippen LogP contribution in [0.4, 0.5) is 0 Å². The van der Waals surface area contributed by atoms with Crippen molar-refractivity contribution in [3.63, 3.8) is 0 Å². The number of piperidine rings is 1. The van der Waals surface area contributed by atoms with E-state index < -0.39 is 0 Å². The predicted molar refractivity (Wildman–Crippen MR) is 79.6 cm³/mol. The normalized spacial score (nSPS) is 30.4. The van der Waals surface area contributed by atoms with E-state index in [4.69, 9.17) is 0 Å². The van der Waals surface area contributed by atoms with Gasteiger partial charge in [-0.2, -0.15) is 0 Å². The Kier molecular flexibility index (Phi) is 4.58. The molecule has 2 nitrogen and oxygen atoms in total. The Labute approximate surface area is 118 Å². The zero-order chi connectivity index (χ0) is 14.0. The van der Waals surface area contributed by atoms with Crippen molar-refractivity contribution >= 4 is 5.91 Å². The van der Waals surface area contributed by atoms with Crippen molar-refractivity contribution in [1.29, 1.82) is 0 Å². The van der Waals surface area contributed by atoms with Crippen LogP contribution in [0.2, 0.25) is 0 Å². The van der Waals surface area contributed by atoms with Gasteiger partial charge in [-0.1, -0.05) is 27.7 Å². The maximum atomic E-state index is 12.5. The third-order valence-corrected chi connectivity index (χ3v) is 5.23. The van der Waals surface area contributed by atoms with Crippen molar-refractivity contribution < 1.29 is 4.79 Å². The average Bonchev–Trinajstić information content (AvgIpc) is 2.38. The number of amides is 1. The van der Waals surface area contributed by atoms with E-state index >= 15 is 0 Å². The summed E-state index contributed by atoms with van der Waals surface area (Å²) in [7, 11) is 0. The van der Waals surface area contributed by atoms with Crippen LogP contribution < -0.4 is 0 Å². The fourth-order valence-corrected chi connectivity index (χ4v) is 3.62. The highest BCUT2D eigenvalue weighted by Gasteiger charge is 2.34. The number of likely N-dealkylation sites (tertiary alicyclic amines) is 1. The van der Waals surface area contributed by atoms with Crippen molar-refractivity contribution in [3.05, 3.63) is 6.92 Å². The molecule has 109 valence electrons. The predicted octanol–water partition coefficient (Wildman–Crippen LogP) is 3.91. The number of carbonyl (C=O) groups excluding carboxylic acids is 1. The Bertz CT molecular complexity index is 302. The Hall–Kier alpha value is -0.530. The first-order valence-corrected chi connectivity index (χ1v) is 8.00. The van der Waals surface area contributed by atoms with Crippen LogP contribution in [0.25, 0.3) is 0 Å². The summed E-state index contributed by atoms with van der Waals surface area (Å²) in [5.74, 6) is 2.09. The Morgan fingerprint density at radius 2 is 1.53 bits per heavy atom. The molecule has 0 N–H and O–H groups in total. The molecule has 0 aromatic heterocycles. The second-order valence-electron chi connectivity index (χ2n) is 7.68. The molecule has 19 heavy (non-hydrogen) atoms. The molecule has 1 aliphatic carbocycles. The first-order valence-electron chi connectivity index (χ1n) is 8.00. The summed E-state index contributed by atoms with van der Waals surface area (Å²) in [6.07, 6.45) is 6.83. The van der Waals surface area contributed by atoms with E-state index in [1.165, 1.54) is 12.8 Å². The van der Waals surface area contributed by atoms with E-state index in [2.05, 4.69) is 32.6 Å². The molecule has 1 amide bonds. The van der Waals surface area contributed by atoms with Gasteiger partial charge in [-0.25, -0.2) is 0 Å². The van der Waals surface area contributed by atoms with Gasteiger partial charge in [0, 0.05) is 19.0 Å². The monoisotopic (exact) mass is 264 g/mol. The third kappa shape index (κ3) is 3.73.